The molecule has 1 fully saturated rings. The molecule has 0 bridgehead atoms. The second kappa shape index (κ2) is 3.68. The van der Waals surface area contributed by atoms with Crippen molar-refractivity contribution in [2.24, 2.45) is 0 Å². The fourth-order valence-electron chi connectivity index (χ4n) is 1.81. The number of ether oxygens (including phenoxy) is 2. The Hall–Kier alpha value is -1.32. The van der Waals surface area contributed by atoms with Gasteiger partial charge in [0, 0.05) is 5.39 Å². The van der Waals surface area contributed by atoms with Crippen LogP contribution in [0.1, 0.15) is 11.9 Å². The molecule has 1 saturated heterocycles. The topological polar surface area (TPSA) is 31.6 Å². The minimum atomic E-state index is -0.0499. The molecule has 0 spiro atoms. The van der Waals surface area contributed by atoms with Gasteiger partial charge < -0.3 is 13.9 Å². The Morgan fingerprint density at radius 3 is 2.87 bits per heavy atom. The van der Waals surface area contributed by atoms with Crippen molar-refractivity contribution in [3.8, 4) is 0 Å². The van der Waals surface area contributed by atoms with E-state index in [2.05, 4.69) is 0 Å². The van der Waals surface area contributed by atoms with E-state index in [1.165, 1.54) is 0 Å². The Labute approximate surface area is 87.6 Å². The maximum Gasteiger partial charge on any atom is 0.138 e. The molecule has 0 saturated carbocycles. The van der Waals surface area contributed by atoms with Gasteiger partial charge in [0.1, 0.15) is 17.4 Å². The quantitative estimate of drug-likeness (QED) is 0.715. The van der Waals surface area contributed by atoms with Crippen molar-refractivity contribution < 1.29 is 13.9 Å². The van der Waals surface area contributed by atoms with Crippen LogP contribution in [-0.4, -0.2) is 19.8 Å². The summed E-state index contributed by atoms with van der Waals surface area (Å²) in [6.45, 7) is 1.90. The molecule has 1 aromatic heterocycles. The van der Waals surface area contributed by atoms with Crippen molar-refractivity contribution in [1.82, 2.24) is 0 Å². The Balaban J connectivity index is 1.96. The zero-order valence-corrected chi connectivity index (χ0v) is 8.31. The first kappa shape index (κ1) is 8.95. The number of hydrogen-bond donors (Lipinski definition) is 0. The monoisotopic (exact) mass is 204 g/mol. The number of furan rings is 1. The van der Waals surface area contributed by atoms with Gasteiger partial charge in [-0.3, -0.25) is 0 Å². The molecule has 3 rings (SSSR count). The van der Waals surface area contributed by atoms with Gasteiger partial charge in [0.15, 0.2) is 0 Å². The zero-order valence-electron chi connectivity index (χ0n) is 8.31. The molecule has 1 aliphatic rings. The largest absolute Gasteiger partial charge is 0.458 e. The third-order valence-electron chi connectivity index (χ3n) is 2.58. The summed E-state index contributed by atoms with van der Waals surface area (Å²) < 4.78 is 16.6. The van der Waals surface area contributed by atoms with Gasteiger partial charge in [-0.15, -0.1) is 0 Å². The highest BCUT2D eigenvalue weighted by atomic mass is 16.6. The van der Waals surface area contributed by atoms with Crippen molar-refractivity contribution in [1.29, 1.82) is 0 Å². The molecule has 0 N–H and O–H groups in total. The average Bonchev–Trinajstić information content (AvgIpc) is 2.74. The Kier molecular flexibility index (Phi) is 2.19. The molecule has 1 aliphatic heterocycles. The van der Waals surface area contributed by atoms with E-state index in [0.29, 0.717) is 19.8 Å². The summed E-state index contributed by atoms with van der Waals surface area (Å²) in [5.74, 6) is 0.857. The van der Waals surface area contributed by atoms with E-state index in [1.54, 1.807) is 0 Å². The maximum absolute atomic E-state index is 5.70. The lowest BCUT2D eigenvalue weighted by Gasteiger charge is -2.20. The highest BCUT2D eigenvalue weighted by Crippen LogP contribution is 2.27. The number of fused-ring (bicyclic) bond motifs is 1. The molecule has 15 heavy (non-hydrogen) atoms. The van der Waals surface area contributed by atoms with Gasteiger partial charge in [-0.2, -0.15) is 0 Å². The minimum Gasteiger partial charge on any atom is -0.458 e. The van der Waals surface area contributed by atoms with Crippen LogP contribution in [0.2, 0.25) is 0 Å². The lowest BCUT2D eigenvalue weighted by Crippen LogP contribution is -2.21. The fraction of sp³-hybridized carbons (Fsp3) is 0.333. The molecule has 1 aromatic carbocycles. The van der Waals surface area contributed by atoms with Crippen molar-refractivity contribution in [3.63, 3.8) is 0 Å². The van der Waals surface area contributed by atoms with E-state index in [-0.39, 0.29) is 6.10 Å². The number of benzene rings is 1. The van der Waals surface area contributed by atoms with Crippen LogP contribution in [0.3, 0.4) is 0 Å². The van der Waals surface area contributed by atoms with Crippen LogP contribution in [0.4, 0.5) is 0 Å². The van der Waals surface area contributed by atoms with Gasteiger partial charge in [-0.1, -0.05) is 18.2 Å². The highest BCUT2D eigenvalue weighted by Gasteiger charge is 2.20. The van der Waals surface area contributed by atoms with Crippen LogP contribution in [0.5, 0.6) is 0 Å². The SMILES string of the molecule is c1ccc2oc(C3COCCO3)cc2c1. The summed E-state index contributed by atoms with van der Waals surface area (Å²) >= 11 is 0. The van der Waals surface area contributed by atoms with E-state index >= 15 is 0 Å². The molecule has 1 unspecified atom stereocenters. The van der Waals surface area contributed by atoms with Gasteiger partial charge in [0.25, 0.3) is 0 Å². The molecule has 2 aromatic rings. The first-order valence-corrected chi connectivity index (χ1v) is 5.11. The van der Waals surface area contributed by atoms with E-state index in [1.807, 2.05) is 30.3 Å². The number of rotatable bonds is 1. The lowest BCUT2D eigenvalue weighted by atomic mass is 10.2. The molecular formula is C12H12O3. The third kappa shape index (κ3) is 1.64. The second-order valence-electron chi connectivity index (χ2n) is 3.62. The molecular weight excluding hydrogens is 192 g/mol. The highest BCUT2D eigenvalue weighted by molar-refractivity contribution is 5.77. The zero-order chi connectivity index (χ0) is 10.1. The first-order chi connectivity index (χ1) is 7.43. The number of hydrogen-bond acceptors (Lipinski definition) is 3. The second-order valence-corrected chi connectivity index (χ2v) is 3.62. The van der Waals surface area contributed by atoms with Crippen LogP contribution in [0.15, 0.2) is 34.7 Å². The third-order valence-corrected chi connectivity index (χ3v) is 2.58. The van der Waals surface area contributed by atoms with Gasteiger partial charge in [0.2, 0.25) is 0 Å². The molecule has 3 heteroatoms. The lowest BCUT2D eigenvalue weighted by molar-refractivity contribution is -0.0971. The van der Waals surface area contributed by atoms with E-state index in [0.717, 1.165) is 16.7 Å². The molecule has 3 nitrogen and oxygen atoms in total. The van der Waals surface area contributed by atoms with Gasteiger partial charge in [-0.25, -0.2) is 0 Å². The van der Waals surface area contributed by atoms with Gasteiger partial charge in [-0.05, 0) is 12.1 Å². The van der Waals surface area contributed by atoms with Crippen LogP contribution in [0.25, 0.3) is 11.0 Å². The van der Waals surface area contributed by atoms with Crippen molar-refractivity contribution in [3.05, 3.63) is 36.1 Å². The molecule has 0 aliphatic carbocycles. The van der Waals surface area contributed by atoms with Crippen LogP contribution in [0, 0.1) is 0 Å². The molecule has 2 heterocycles. The molecule has 0 radical (unpaired) electrons. The van der Waals surface area contributed by atoms with E-state index < -0.39 is 0 Å². The summed E-state index contributed by atoms with van der Waals surface area (Å²) in [6, 6.07) is 9.98. The average molecular weight is 204 g/mol. The molecule has 0 amide bonds. The van der Waals surface area contributed by atoms with Crippen molar-refractivity contribution in [2.45, 2.75) is 6.10 Å². The van der Waals surface area contributed by atoms with Crippen molar-refractivity contribution >= 4 is 11.0 Å². The summed E-state index contributed by atoms with van der Waals surface area (Å²) in [7, 11) is 0. The Bertz CT molecular complexity index is 422. The predicted molar refractivity (Wildman–Crippen MR) is 55.7 cm³/mol. The normalized spacial score (nSPS) is 22.0. The predicted octanol–water partition coefficient (Wildman–Crippen LogP) is 2.52. The van der Waals surface area contributed by atoms with Crippen LogP contribution in [-0.2, 0) is 9.47 Å². The van der Waals surface area contributed by atoms with Gasteiger partial charge in [0.05, 0.1) is 19.8 Å². The summed E-state index contributed by atoms with van der Waals surface area (Å²) in [4.78, 5) is 0. The Morgan fingerprint density at radius 1 is 1.13 bits per heavy atom. The smallest absolute Gasteiger partial charge is 0.138 e. The standard InChI is InChI=1S/C12H12O3/c1-2-4-10-9(3-1)7-11(15-10)12-8-13-5-6-14-12/h1-4,7,12H,5-6,8H2. The first-order valence-electron chi connectivity index (χ1n) is 5.11. The fourth-order valence-corrected chi connectivity index (χ4v) is 1.81. The Morgan fingerprint density at radius 2 is 2.07 bits per heavy atom. The van der Waals surface area contributed by atoms with E-state index in [4.69, 9.17) is 13.9 Å². The van der Waals surface area contributed by atoms with Crippen molar-refractivity contribution in [2.75, 3.05) is 19.8 Å². The van der Waals surface area contributed by atoms with Crippen LogP contribution >= 0.6 is 0 Å². The van der Waals surface area contributed by atoms with Crippen LogP contribution < -0.4 is 0 Å². The number of para-hydroxylation sites is 1. The summed E-state index contributed by atoms with van der Waals surface area (Å²) in [6.07, 6.45) is -0.0499. The summed E-state index contributed by atoms with van der Waals surface area (Å²) in [5, 5.41) is 1.11. The molecule has 1 atom stereocenters. The summed E-state index contributed by atoms with van der Waals surface area (Å²) in [5.41, 5.74) is 0.904. The van der Waals surface area contributed by atoms with Gasteiger partial charge >= 0.3 is 0 Å². The van der Waals surface area contributed by atoms with E-state index in [9.17, 15) is 0 Å². The minimum absolute atomic E-state index is 0.0499. The molecule has 78 valence electrons. The maximum atomic E-state index is 5.70.